The highest BCUT2D eigenvalue weighted by molar-refractivity contribution is 5.38. The largest absolute Gasteiger partial charge is 0.496 e. The van der Waals surface area contributed by atoms with E-state index in [1.807, 2.05) is 0 Å². The lowest BCUT2D eigenvalue weighted by atomic mass is 10.0. The molecule has 21 heavy (non-hydrogen) atoms. The Morgan fingerprint density at radius 2 is 1.90 bits per heavy atom. The number of rotatable bonds is 9. The van der Waals surface area contributed by atoms with Gasteiger partial charge in [-0.2, -0.15) is 0 Å². The molecule has 4 nitrogen and oxygen atoms in total. The second kappa shape index (κ2) is 9.03. The van der Waals surface area contributed by atoms with E-state index in [4.69, 9.17) is 4.74 Å². The smallest absolute Gasteiger partial charge is 0.123 e. The number of ether oxygens (including phenoxy) is 1. The maximum absolute atomic E-state index is 5.51. The van der Waals surface area contributed by atoms with Gasteiger partial charge in [0.05, 0.1) is 7.11 Å². The molecule has 0 fully saturated rings. The second-order valence-electron chi connectivity index (χ2n) is 5.89. The minimum atomic E-state index is 0.367. The molecule has 1 aromatic carbocycles. The Hall–Kier alpha value is -1.10. The van der Waals surface area contributed by atoms with E-state index in [0.29, 0.717) is 6.04 Å². The van der Waals surface area contributed by atoms with Crippen LogP contribution >= 0.6 is 0 Å². The van der Waals surface area contributed by atoms with Gasteiger partial charge in [0.15, 0.2) is 0 Å². The molecule has 0 aromatic heterocycles. The van der Waals surface area contributed by atoms with E-state index in [0.717, 1.165) is 31.9 Å². The van der Waals surface area contributed by atoms with Crippen LogP contribution in [0.4, 0.5) is 0 Å². The van der Waals surface area contributed by atoms with E-state index < -0.39 is 0 Å². The summed E-state index contributed by atoms with van der Waals surface area (Å²) < 4.78 is 5.51. The lowest BCUT2D eigenvalue weighted by molar-refractivity contribution is 0.272. The average Bonchev–Trinajstić information content (AvgIpc) is 2.45. The minimum absolute atomic E-state index is 0.367. The third kappa shape index (κ3) is 6.04. The molecule has 1 N–H and O–H groups in total. The van der Waals surface area contributed by atoms with Crippen molar-refractivity contribution in [3.63, 3.8) is 0 Å². The highest BCUT2D eigenvalue weighted by atomic mass is 16.5. The first-order chi connectivity index (χ1) is 9.97. The fraction of sp³-hybridized carbons (Fsp3) is 0.647. The van der Waals surface area contributed by atoms with Gasteiger partial charge in [-0.15, -0.1) is 0 Å². The number of hydrogen-bond donors (Lipinski definition) is 1. The van der Waals surface area contributed by atoms with Gasteiger partial charge in [-0.1, -0.05) is 13.0 Å². The molecule has 0 amide bonds. The molecule has 0 aliphatic rings. The van der Waals surface area contributed by atoms with E-state index in [2.05, 4.69) is 68.3 Å². The summed E-state index contributed by atoms with van der Waals surface area (Å²) in [7, 11) is 8.11. The number of nitrogens with zero attached hydrogens (tertiary/aromatic N) is 2. The Morgan fingerprint density at radius 1 is 1.19 bits per heavy atom. The van der Waals surface area contributed by atoms with Crippen LogP contribution in [-0.4, -0.2) is 57.7 Å². The van der Waals surface area contributed by atoms with Crippen molar-refractivity contribution in [3.8, 4) is 5.75 Å². The Bertz CT molecular complexity index is 420. The molecule has 0 saturated carbocycles. The van der Waals surface area contributed by atoms with Crippen molar-refractivity contribution >= 4 is 0 Å². The summed E-state index contributed by atoms with van der Waals surface area (Å²) in [6.07, 6.45) is 0. The van der Waals surface area contributed by atoms with Crippen molar-refractivity contribution in [2.24, 2.45) is 0 Å². The fourth-order valence-electron chi connectivity index (χ4n) is 2.36. The summed E-state index contributed by atoms with van der Waals surface area (Å²) in [6, 6.07) is 6.86. The molecule has 0 bridgehead atoms. The van der Waals surface area contributed by atoms with Gasteiger partial charge < -0.3 is 19.9 Å². The van der Waals surface area contributed by atoms with Crippen LogP contribution in [0.2, 0.25) is 0 Å². The Labute approximate surface area is 130 Å². The molecule has 4 heteroatoms. The van der Waals surface area contributed by atoms with Crippen molar-refractivity contribution < 1.29 is 4.74 Å². The number of likely N-dealkylation sites (N-methyl/N-ethyl adjacent to an activating group) is 2. The van der Waals surface area contributed by atoms with Crippen LogP contribution < -0.4 is 10.1 Å². The van der Waals surface area contributed by atoms with Crippen LogP contribution in [0.5, 0.6) is 5.75 Å². The molecule has 1 rings (SSSR count). The zero-order valence-corrected chi connectivity index (χ0v) is 14.4. The highest BCUT2D eigenvalue weighted by Gasteiger charge is 2.11. The normalized spacial score (nSPS) is 13.0. The van der Waals surface area contributed by atoms with Crippen LogP contribution in [0.25, 0.3) is 0 Å². The van der Waals surface area contributed by atoms with Crippen LogP contribution in [0.15, 0.2) is 18.2 Å². The SMILES string of the molecule is CCNC(C)c1ccc(OC)c(CN(C)CCN(C)C)c1. The van der Waals surface area contributed by atoms with Crippen LogP contribution in [-0.2, 0) is 6.54 Å². The molecule has 0 saturated heterocycles. The predicted molar refractivity (Wildman–Crippen MR) is 90.0 cm³/mol. The molecule has 1 unspecified atom stereocenters. The van der Waals surface area contributed by atoms with Crippen molar-refractivity contribution in [2.75, 3.05) is 47.9 Å². The number of benzene rings is 1. The Morgan fingerprint density at radius 3 is 2.48 bits per heavy atom. The summed E-state index contributed by atoms with van der Waals surface area (Å²) in [5, 5.41) is 3.46. The lowest BCUT2D eigenvalue weighted by Crippen LogP contribution is -2.28. The van der Waals surface area contributed by atoms with E-state index in [-0.39, 0.29) is 0 Å². The van der Waals surface area contributed by atoms with Crippen molar-refractivity contribution in [3.05, 3.63) is 29.3 Å². The molecular weight excluding hydrogens is 262 g/mol. The van der Waals surface area contributed by atoms with Gasteiger partial charge in [-0.05, 0) is 52.3 Å². The lowest BCUT2D eigenvalue weighted by Gasteiger charge is -2.22. The number of hydrogen-bond acceptors (Lipinski definition) is 4. The molecule has 0 aliphatic heterocycles. The van der Waals surface area contributed by atoms with Gasteiger partial charge in [0.25, 0.3) is 0 Å². The molecule has 0 spiro atoms. The predicted octanol–water partition coefficient (Wildman–Crippen LogP) is 2.36. The highest BCUT2D eigenvalue weighted by Crippen LogP contribution is 2.24. The summed E-state index contributed by atoms with van der Waals surface area (Å²) in [5.41, 5.74) is 2.56. The Kier molecular flexibility index (Phi) is 7.72. The summed E-state index contributed by atoms with van der Waals surface area (Å²) in [5.74, 6) is 0.971. The Balaban J connectivity index is 2.80. The van der Waals surface area contributed by atoms with Gasteiger partial charge >= 0.3 is 0 Å². The maximum atomic E-state index is 5.51. The summed E-state index contributed by atoms with van der Waals surface area (Å²) in [4.78, 5) is 4.54. The second-order valence-corrected chi connectivity index (χ2v) is 5.89. The first-order valence-electron chi connectivity index (χ1n) is 7.71. The first-order valence-corrected chi connectivity index (χ1v) is 7.71. The van der Waals surface area contributed by atoms with E-state index >= 15 is 0 Å². The zero-order chi connectivity index (χ0) is 15.8. The van der Waals surface area contributed by atoms with Gasteiger partial charge in [-0.25, -0.2) is 0 Å². The molecule has 0 heterocycles. The molecule has 0 aliphatic carbocycles. The average molecular weight is 293 g/mol. The standard InChI is InChI=1S/C17H31N3O/c1-7-18-14(2)15-8-9-17(21-6)16(12-15)13-20(5)11-10-19(3)4/h8-9,12,14,18H,7,10-11,13H2,1-6H3. The summed E-state index contributed by atoms with van der Waals surface area (Å²) >= 11 is 0. The van der Waals surface area contributed by atoms with Crippen LogP contribution in [0.3, 0.4) is 0 Å². The molecule has 0 radical (unpaired) electrons. The van der Waals surface area contributed by atoms with Crippen molar-refractivity contribution in [1.29, 1.82) is 0 Å². The minimum Gasteiger partial charge on any atom is -0.496 e. The van der Waals surface area contributed by atoms with Crippen molar-refractivity contribution in [1.82, 2.24) is 15.1 Å². The topological polar surface area (TPSA) is 27.7 Å². The van der Waals surface area contributed by atoms with Crippen molar-refractivity contribution in [2.45, 2.75) is 26.4 Å². The number of methoxy groups -OCH3 is 1. The van der Waals surface area contributed by atoms with E-state index in [9.17, 15) is 0 Å². The molecule has 1 atom stereocenters. The third-order valence-electron chi connectivity index (χ3n) is 3.68. The summed E-state index contributed by atoms with van der Waals surface area (Å²) in [6.45, 7) is 8.32. The van der Waals surface area contributed by atoms with Crippen LogP contribution in [0, 0.1) is 0 Å². The van der Waals surface area contributed by atoms with E-state index in [1.165, 1.54) is 11.1 Å². The molecule has 120 valence electrons. The first kappa shape index (κ1) is 18.0. The molecule has 1 aromatic rings. The van der Waals surface area contributed by atoms with Gasteiger partial charge in [-0.3, -0.25) is 0 Å². The van der Waals surface area contributed by atoms with E-state index in [1.54, 1.807) is 7.11 Å². The fourth-order valence-corrected chi connectivity index (χ4v) is 2.36. The monoisotopic (exact) mass is 293 g/mol. The van der Waals surface area contributed by atoms with Crippen LogP contribution in [0.1, 0.15) is 31.0 Å². The quantitative estimate of drug-likeness (QED) is 0.756. The van der Waals surface area contributed by atoms with Gasteiger partial charge in [0.1, 0.15) is 5.75 Å². The van der Waals surface area contributed by atoms with Gasteiger partial charge in [0, 0.05) is 31.2 Å². The zero-order valence-electron chi connectivity index (χ0n) is 14.4. The third-order valence-corrected chi connectivity index (χ3v) is 3.68. The maximum Gasteiger partial charge on any atom is 0.123 e. The van der Waals surface area contributed by atoms with Gasteiger partial charge in [0.2, 0.25) is 0 Å². The molecular formula is C17H31N3O. The number of nitrogens with one attached hydrogen (secondary N) is 1.